The van der Waals surface area contributed by atoms with Gasteiger partial charge in [-0.2, -0.15) is 0 Å². The molecular formula is C11H15BrN2O3S. The number of rotatable bonds is 5. The highest BCUT2D eigenvalue weighted by molar-refractivity contribution is 9.11. The summed E-state index contributed by atoms with van der Waals surface area (Å²) in [7, 11) is 0. The van der Waals surface area contributed by atoms with Gasteiger partial charge in [0.25, 0.3) is 5.91 Å². The van der Waals surface area contributed by atoms with Gasteiger partial charge in [-0.3, -0.25) is 9.59 Å². The van der Waals surface area contributed by atoms with E-state index in [2.05, 4.69) is 26.6 Å². The topological polar surface area (TPSA) is 78.4 Å². The third-order valence-corrected chi connectivity index (χ3v) is 3.82. The normalized spacial score (nSPS) is 13.8. The SMILES string of the molecule is CC(CO)NC(=O)C(C)NC(=O)c1ccc(Br)s1. The van der Waals surface area contributed by atoms with Crippen LogP contribution in [0.3, 0.4) is 0 Å². The first kappa shape index (κ1) is 15.1. The van der Waals surface area contributed by atoms with Crippen molar-refractivity contribution in [2.75, 3.05) is 6.61 Å². The van der Waals surface area contributed by atoms with Crippen molar-refractivity contribution < 1.29 is 14.7 Å². The number of aliphatic hydroxyl groups excluding tert-OH is 1. The van der Waals surface area contributed by atoms with Crippen LogP contribution >= 0.6 is 27.3 Å². The number of nitrogens with one attached hydrogen (secondary N) is 2. The summed E-state index contributed by atoms with van der Waals surface area (Å²) < 4.78 is 0.860. The van der Waals surface area contributed by atoms with Gasteiger partial charge in [-0.05, 0) is 41.9 Å². The second-order valence-corrected chi connectivity index (χ2v) is 6.35. The molecule has 0 saturated carbocycles. The minimum Gasteiger partial charge on any atom is -0.394 e. The van der Waals surface area contributed by atoms with E-state index in [-0.39, 0.29) is 24.5 Å². The van der Waals surface area contributed by atoms with Crippen molar-refractivity contribution in [3.63, 3.8) is 0 Å². The van der Waals surface area contributed by atoms with Gasteiger partial charge in [-0.15, -0.1) is 11.3 Å². The Morgan fingerprint density at radius 1 is 1.39 bits per heavy atom. The average molecular weight is 335 g/mol. The molecule has 1 aromatic heterocycles. The number of amides is 2. The number of carbonyl (C=O) groups excluding carboxylic acids is 2. The molecule has 0 aromatic carbocycles. The molecule has 0 aliphatic heterocycles. The summed E-state index contributed by atoms with van der Waals surface area (Å²) in [5, 5.41) is 14.0. The Morgan fingerprint density at radius 2 is 2.06 bits per heavy atom. The molecule has 1 heterocycles. The second-order valence-electron chi connectivity index (χ2n) is 3.89. The van der Waals surface area contributed by atoms with Gasteiger partial charge in [0.05, 0.1) is 15.3 Å². The minimum absolute atomic E-state index is 0.135. The predicted molar refractivity (Wildman–Crippen MR) is 73.6 cm³/mol. The molecule has 0 fully saturated rings. The number of carbonyl (C=O) groups is 2. The molecule has 2 unspecified atom stereocenters. The van der Waals surface area contributed by atoms with E-state index in [4.69, 9.17) is 5.11 Å². The molecule has 1 aromatic rings. The third-order valence-electron chi connectivity index (χ3n) is 2.20. The van der Waals surface area contributed by atoms with Crippen LogP contribution in [0.4, 0.5) is 0 Å². The molecule has 0 aliphatic rings. The van der Waals surface area contributed by atoms with Crippen molar-refractivity contribution in [3.05, 3.63) is 20.8 Å². The highest BCUT2D eigenvalue weighted by Crippen LogP contribution is 2.21. The highest BCUT2D eigenvalue weighted by Gasteiger charge is 2.18. The van der Waals surface area contributed by atoms with Gasteiger partial charge in [0.2, 0.25) is 5.91 Å². The minimum atomic E-state index is -0.646. The molecule has 18 heavy (non-hydrogen) atoms. The van der Waals surface area contributed by atoms with Crippen molar-refractivity contribution in [1.82, 2.24) is 10.6 Å². The maximum absolute atomic E-state index is 11.8. The van der Waals surface area contributed by atoms with Crippen molar-refractivity contribution in [2.45, 2.75) is 25.9 Å². The molecule has 0 spiro atoms. The number of hydrogen-bond donors (Lipinski definition) is 3. The molecule has 1 rings (SSSR count). The van der Waals surface area contributed by atoms with Crippen molar-refractivity contribution >= 4 is 39.1 Å². The largest absolute Gasteiger partial charge is 0.394 e. The van der Waals surface area contributed by atoms with Gasteiger partial charge in [0, 0.05) is 6.04 Å². The van der Waals surface area contributed by atoms with Crippen LogP contribution in [0.15, 0.2) is 15.9 Å². The van der Waals surface area contributed by atoms with E-state index >= 15 is 0 Å². The van der Waals surface area contributed by atoms with E-state index in [0.29, 0.717) is 4.88 Å². The Balaban J connectivity index is 2.51. The fraction of sp³-hybridized carbons (Fsp3) is 0.455. The summed E-state index contributed by atoms with van der Waals surface area (Å²) >= 11 is 4.57. The summed E-state index contributed by atoms with van der Waals surface area (Å²) in [4.78, 5) is 24.0. The zero-order valence-corrected chi connectivity index (χ0v) is 12.5. The molecule has 0 aliphatic carbocycles. The standard InChI is InChI=1S/C11H15BrN2O3S/c1-6(5-15)13-10(16)7(2)14-11(17)8-3-4-9(12)18-8/h3-4,6-7,15H,5H2,1-2H3,(H,13,16)(H,14,17). The van der Waals surface area contributed by atoms with Gasteiger partial charge in [-0.25, -0.2) is 0 Å². The molecule has 3 N–H and O–H groups in total. The third kappa shape index (κ3) is 4.40. The lowest BCUT2D eigenvalue weighted by molar-refractivity contribution is -0.123. The highest BCUT2D eigenvalue weighted by atomic mass is 79.9. The molecule has 0 saturated heterocycles. The molecule has 100 valence electrons. The van der Waals surface area contributed by atoms with Crippen LogP contribution in [0, 0.1) is 0 Å². The van der Waals surface area contributed by atoms with E-state index in [1.807, 2.05) is 0 Å². The Hall–Kier alpha value is -0.920. The first-order valence-corrected chi connectivity index (χ1v) is 7.02. The van der Waals surface area contributed by atoms with Crippen LogP contribution in [-0.4, -0.2) is 35.6 Å². The number of thiophene rings is 1. The van der Waals surface area contributed by atoms with Crippen LogP contribution in [0.2, 0.25) is 0 Å². The van der Waals surface area contributed by atoms with Gasteiger partial charge < -0.3 is 15.7 Å². The van der Waals surface area contributed by atoms with Gasteiger partial charge in [0.15, 0.2) is 0 Å². The van der Waals surface area contributed by atoms with Gasteiger partial charge in [-0.1, -0.05) is 0 Å². The summed E-state index contributed by atoms with van der Waals surface area (Å²) in [5.74, 6) is -0.606. The number of halogens is 1. The van der Waals surface area contributed by atoms with E-state index in [9.17, 15) is 9.59 Å². The quantitative estimate of drug-likeness (QED) is 0.755. The Labute approximate surface area is 118 Å². The molecule has 7 heteroatoms. The fourth-order valence-electron chi connectivity index (χ4n) is 1.18. The van der Waals surface area contributed by atoms with Gasteiger partial charge in [0.1, 0.15) is 6.04 Å². The first-order chi connectivity index (χ1) is 8.43. The predicted octanol–water partition coefficient (Wildman–Crippen LogP) is 1.13. The van der Waals surface area contributed by atoms with E-state index < -0.39 is 6.04 Å². The Bertz CT molecular complexity index is 436. The molecular weight excluding hydrogens is 320 g/mol. The Morgan fingerprint density at radius 3 is 2.56 bits per heavy atom. The van der Waals surface area contributed by atoms with E-state index in [1.165, 1.54) is 11.3 Å². The number of hydrogen-bond acceptors (Lipinski definition) is 4. The Kier molecular flexibility index (Phi) is 5.77. The van der Waals surface area contributed by atoms with Crippen LogP contribution in [0.25, 0.3) is 0 Å². The molecule has 0 radical (unpaired) electrons. The average Bonchev–Trinajstić information content (AvgIpc) is 2.75. The monoisotopic (exact) mass is 334 g/mol. The van der Waals surface area contributed by atoms with Crippen LogP contribution in [-0.2, 0) is 4.79 Å². The molecule has 2 amide bonds. The summed E-state index contributed by atoms with van der Waals surface area (Å²) in [6.45, 7) is 3.15. The fourth-order valence-corrected chi connectivity index (χ4v) is 2.47. The zero-order valence-electron chi connectivity index (χ0n) is 10.1. The van der Waals surface area contributed by atoms with Crippen LogP contribution in [0.5, 0.6) is 0 Å². The maximum Gasteiger partial charge on any atom is 0.262 e. The summed E-state index contributed by atoms with van der Waals surface area (Å²) in [6, 6.07) is 2.49. The second kappa shape index (κ2) is 6.86. The van der Waals surface area contributed by atoms with Crippen molar-refractivity contribution in [2.24, 2.45) is 0 Å². The zero-order chi connectivity index (χ0) is 13.7. The lowest BCUT2D eigenvalue weighted by Gasteiger charge is -2.16. The molecule has 5 nitrogen and oxygen atoms in total. The van der Waals surface area contributed by atoms with Crippen molar-refractivity contribution in [3.8, 4) is 0 Å². The summed E-state index contributed by atoms with van der Waals surface area (Å²) in [5.41, 5.74) is 0. The number of aliphatic hydroxyl groups is 1. The summed E-state index contributed by atoms with van der Waals surface area (Å²) in [6.07, 6.45) is 0. The lowest BCUT2D eigenvalue weighted by atomic mass is 10.2. The molecule has 2 atom stereocenters. The van der Waals surface area contributed by atoms with E-state index in [0.717, 1.165) is 3.79 Å². The van der Waals surface area contributed by atoms with Crippen LogP contribution < -0.4 is 10.6 Å². The smallest absolute Gasteiger partial charge is 0.262 e. The van der Waals surface area contributed by atoms with Gasteiger partial charge >= 0.3 is 0 Å². The maximum atomic E-state index is 11.8. The van der Waals surface area contributed by atoms with Crippen LogP contribution in [0.1, 0.15) is 23.5 Å². The first-order valence-electron chi connectivity index (χ1n) is 5.41. The molecule has 0 bridgehead atoms. The lowest BCUT2D eigenvalue weighted by Crippen LogP contribution is -2.48. The van der Waals surface area contributed by atoms with E-state index in [1.54, 1.807) is 26.0 Å². The van der Waals surface area contributed by atoms with Crippen molar-refractivity contribution in [1.29, 1.82) is 0 Å².